The van der Waals surface area contributed by atoms with Gasteiger partial charge in [0.05, 0.1) is 22.8 Å². The van der Waals surface area contributed by atoms with Crippen LogP contribution in [0.15, 0.2) is 28.4 Å². The Hall–Kier alpha value is -2.13. The topological polar surface area (TPSA) is 68.2 Å². The van der Waals surface area contributed by atoms with Crippen molar-refractivity contribution in [3.8, 4) is 0 Å². The maximum Gasteiger partial charge on any atom is 0.189 e. The van der Waals surface area contributed by atoms with Crippen molar-refractivity contribution in [2.45, 2.75) is 39.5 Å². The fourth-order valence-electron chi connectivity index (χ4n) is 3.20. The van der Waals surface area contributed by atoms with E-state index < -0.39 is 0 Å². The zero-order valence-corrected chi connectivity index (χ0v) is 18.1. The molecule has 2 aliphatic rings. The first kappa shape index (κ1) is 20.6. The third kappa shape index (κ3) is 5.45. The number of hydrogen-bond donors (Lipinski definition) is 2. The van der Waals surface area contributed by atoms with E-state index in [1.807, 2.05) is 32.0 Å². The SMILES string of the molecule is C/C(=N/NC(=S)N1CCCC1)c1cccc(/C(C)=N/NC(=S)N2CCCC2)n1. The average molecular weight is 418 g/mol. The highest BCUT2D eigenvalue weighted by Gasteiger charge is 2.15. The summed E-state index contributed by atoms with van der Waals surface area (Å²) in [7, 11) is 0. The summed E-state index contributed by atoms with van der Waals surface area (Å²) < 4.78 is 0. The lowest BCUT2D eigenvalue weighted by Gasteiger charge is -2.17. The second-order valence-corrected chi connectivity index (χ2v) is 7.80. The van der Waals surface area contributed by atoms with Crippen molar-refractivity contribution in [1.29, 1.82) is 0 Å². The first-order valence-corrected chi connectivity index (χ1v) is 10.5. The maximum absolute atomic E-state index is 5.40. The van der Waals surface area contributed by atoms with Gasteiger partial charge in [-0.2, -0.15) is 10.2 Å². The molecule has 9 heteroatoms. The van der Waals surface area contributed by atoms with Crippen molar-refractivity contribution in [3.63, 3.8) is 0 Å². The van der Waals surface area contributed by atoms with Gasteiger partial charge in [-0.05, 0) is 76.1 Å². The van der Waals surface area contributed by atoms with Gasteiger partial charge in [0.25, 0.3) is 0 Å². The standard InChI is InChI=1S/C19H27N7S2/c1-14(21-23-18(27)25-10-3-4-11-25)16-8-7-9-17(20-16)15(2)22-24-19(28)26-12-5-6-13-26/h7-9H,3-6,10-13H2,1-2H3,(H,23,27)(H,24,28)/b21-14-,22-15+. The molecule has 7 nitrogen and oxygen atoms in total. The van der Waals surface area contributed by atoms with Crippen LogP contribution >= 0.6 is 24.4 Å². The number of pyridine rings is 1. The number of nitrogens with zero attached hydrogens (tertiary/aromatic N) is 5. The molecule has 0 amide bonds. The Labute approximate surface area is 177 Å². The van der Waals surface area contributed by atoms with Crippen LogP contribution in [0.3, 0.4) is 0 Å². The Morgan fingerprint density at radius 2 is 1.21 bits per heavy atom. The Bertz CT molecular complexity index is 717. The highest BCUT2D eigenvalue weighted by Crippen LogP contribution is 2.09. The normalized spacial score (nSPS) is 17.8. The molecule has 3 heterocycles. The minimum Gasteiger partial charge on any atom is -0.348 e. The van der Waals surface area contributed by atoms with Crippen LogP contribution in [0.5, 0.6) is 0 Å². The smallest absolute Gasteiger partial charge is 0.189 e. The van der Waals surface area contributed by atoms with Gasteiger partial charge in [0.2, 0.25) is 0 Å². The average Bonchev–Trinajstić information content (AvgIpc) is 3.43. The van der Waals surface area contributed by atoms with Gasteiger partial charge in [-0.3, -0.25) is 10.9 Å². The largest absolute Gasteiger partial charge is 0.348 e. The first-order chi connectivity index (χ1) is 13.5. The number of nitrogens with one attached hydrogen (secondary N) is 2. The summed E-state index contributed by atoms with van der Waals surface area (Å²) in [6.07, 6.45) is 4.73. The number of hydrazone groups is 2. The predicted molar refractivity (Wildman–Crippen MR) is 122 cm³/mol. The highest BCUT2D eigenvalue weighted by atomic mass is 32.1. The van der Waals surface area contributed by atoms with E-state index in [0.717, 1.165) is 49.0 Å². The Kier molecular flexibility index (Phi) is 7.27. The molecule has 3 rings (SSSR count). The zero-order valence-electron chi connectivity index (χ0n) is 16.4. The second kappa shape index (κ2) is 9.88. The summed E-state index contributed by atoms with van der Waals surface area (Å²) in [5.41, 5.74) is 9.08. The summed E-state index contributed by atoms with van der Waals surface area (Å²) in [6.45, 7) is 7.82. The van der Waals surface area contributed by atoms with Crippen molar-refractivity contribution >= 4 is 46.1 Å². The van der Waals surface area contributed by atoms with Crippen molar-refractivity contribution in [1.82, 2.24) is 25.6 Å². The van der Waals surface area contributed by atoms with Crippen molar-refractivity contribution in [2.75, 3.05) is 26.2 Å². The molecule has 150 valence electrons. The van der Waals surface area contributed by atoms with E-state index in [9.17, 15) is 0 Å². The molecular formula is C19H27N7S2. The molecule has 2 saturated heterocycles. The molecule has 0 radical (unpaired) electrons. The number of thiocarbonyl (C=S) groups is 2. The summed E-state index contributed by atoms with van der Waals surface area (Å²) in [4.78, 5) is 8.95. The van der Waals surface area contributed by atoms with E-state index in [-0.39, 0.29) is 0 Å². The van der Waals surface area contributed by atoms with Gasteiger partial charge in [-0.1, -0.05) is 6.07 Å². The van der Waals surface area contributed by atoms with Crippen LogP contribution in [-0.4, -0.2) is 62.6 Å². The fraction of sp³-hybridized carbons (Fsp3) is 0.526. The van der Waals surface area contributed by atoms with Crippen LogP contribution in [0, 0.1) is 0 Å². The molecule has 2 aliphatic heterocycles. The minimum atomic E-state index is 0.672. The molecule has 0 aliphatic carbocycles. The van der Waals surface area contributed by atoms with Gasteiger partial charge in [0.1, 0.15) is 0 Å². The molecule has 28 heavy (non-hydrogen) atoms. The monoisotopic (exact) mass is 417 g/mol. The van der Waals surface area contributed by atoms with Gasteiger partial charge in [-0.25, -0.2) is 4.98 Å². The quantitative estimate of drug-likeness (QED) is 0.443. The third-order valence-electron chi connectivity index (χ3n) is 4.92. The van der Waals surface area contributed by atoms with Crippen LogP contribution < -0.4 is 10.9 Å². The molecule has 0 saturated carbocycles. The van der Waals surface area contributed by atoms with Crippen LogP contribution in [-0.2, 0) is 0 Å². The van der Waals surface area contributed by atoms with E-state index in [1.165, 1.54) is 25.7 Å². The van der Waals surface area contributed by atoms with Crippen LogP contribution in [0.1, 0.15) is 50.9 Å². The number of hydrogen-bond acceptors (Lipinski definition) is 5. The maximum atomic E-state index is 5.40. The highest BCUT2D eigenvalue weighted by molar-refractivity contribution is 7.80. The molecule has 1 aromatic rings. The van der Waals surface area contributed by atoms with E-state index in [1.54, 1.807) is 0 Å². The molecule has 0 bridgehead atoms. The molecule has 0 unspecified atom stereocenters. The number of aromatic nitrogens is 1. The van der Waals surface area contributed by atoms with Crippen molar-refractivity contribution in [2.24, 2.45) is 10.2 Å². The van der Waals surface area contributed by atoms with Gasteiger partial charge in [-0.15, -0.1) is 0 Å². The van der Waals surface area contributed by atoms with Crippen molar-refractivity contribution in [3.05, 3.63) is 29.6 Å². The molecule has 1 aromatic heterocycles. The second-order valence-electron chi connectivity index (χ2n) is 7.02. The lowest BCUT2D eigenvalue weighted by molar-refractivity contribution is 0.509. The summed E-state index contributed by atoms with van der Waals surface area (Å²) in [5.74, 6) is 0. The van der Waals surface area contributed by atoms with Gasteiger partial charge >= 0.3 is 0 Å². The molecular weight excluding hydrogens is 390 g/mol. The number of likely N-dealkylation sites (tertiary alicyclic amines) is 2. The third-order valence-corrected chi connectivity index (χ3v) is 5.61. The number of rotatable bonds is 4. The molecule has 2 fully saturated rings. The summed E-state index contributed by atoms with van der Waals surface area (Å²) in [6, 6.07) is 5.81. The zero-order chi connectivity index (χ0) is 19.9. The molecule has 0 spiro atoms. The lowest BCUT2D eigenvalue weighted by atomic mass is 10.2. The van der Waals surface area contributed by atoms with Gasteiger partial charge in [0, 0.05) is 26.2 Å². The first-order valence-electron chi connectivity index (χ1n) is 9.71. The van der Waals surface area contributed by atoms with Gasteiger partial charge < -0.3 is 9.80 Å². The van der Waals surface area contributed by atoms with Crippen LogP contribution in [0.2, 0.25) is 0 Å². The van der Waals surface area contributed by atoms with Crippen molar-refractivity contribution < 1.29 is 0 Å². The molecule has 2 N–H and O–H groups in total. The molecule has 0 atom stereocenters. The van der Waals surface area contributed by atoms with E-state index in [4.69, 9.17) is 24.4 Å². The van der Waals surface area contributed by atoms with E-state index >= 15 is 0 Å². The Morgan fingerprint density at radius 1 is 0.821 bits per heavy atom. The fourth-order valence-corrected chi connectivity index (χ4v) is 3.65. The van der Waals surface area contributed by atoms with Crippen LogP contribution in [0.25, 0.3) is 0 Å². The van der Waals surface area contributed by atoms with Crippen LogP contribution in [0.4, 0.5) is 0 Å². The Morgan fingerprint density at radius 3 is 1.61 bits per heavy atom. The summed E-state index contributed by atoms with van der Waals surface area (Å²) >= 11 is 10.8. The summed E-state index contributed by atoms with van der Waals surface area (Å²) in [5, 5.41) is 10.2. The Balaban J connectivity index is 1.61. The van der Waals surface area contributed by atoms with Gasteiger partial charge in [0.15, 0.2) is 10.2 Å². The van der Waals surface area contributed by atoms with E-state index in [0.29, 0.717) is 10.2 Å². The minimum absolute atomic E-state index is 0.672. The lowest BCUT2D eigenvalue weighted by Crippen LogP contribution is -2.35. The molecule has 0 aromatic carbocycles. The van der Waals surface area contributed by atoms with E-state index in [2.05, 4.69) is 35.8 Å². The predicted octanol–water partition coefficient (Wildman–Crippen LogP) is 2.47.